The first-order chi connectivity index (χ1) is 10.6. The highest BCUT2D eigenvalue weighted by Gasteiger charge is 2.29. The Kier molecular flexibility index (Phi) is 4.57. The normalized spacial score (nSPS) is 25.3. The fourth-order valence-corrected chi connectivity index (χ4v) is 3.25. The standard InChI is InChI=1S/C16H21F2N3O/c17-12-4-3-5-13(18)15(12)21-9-7-11(10-21)20-16(22)14-6-1-2-8-19-14/h3-5,11,14,19H,1-2,6-10H2,(H,20,22)/t11?,14-/m1/s1. The number of nitrogens with zero attached hydrogens (tertiary/aromatic N) is 1. The summed E-state index contributed by atoms with van der Waals surface area (Å²) in [7, 11) is 0. The molecule has 6 heteroatoms. The van der Waals surface area contributed by atoms with Crippen LogP contribution in [0.25, 0.3) is 0 Å². The highest BCUT2D eigenvalue weighted by molar-refractivity contribution is 5.82. The van der Waals surface area contributed by atoms with Crippen LogP contribution in [0.15, 0.2) is 18.2 Å². The van der Waals surface area contributed by atoms with E-state index in [9.17, 15) is 13.6 Å². The minimum atomic E-state index is -0.555. The van der Waals surface area contributed by atoms with Gasteiger partial charge in [-0.2, -0.15) is 0 Å². The molecule has 2 atom stereocenters. The first-order valence-corrected chi connectivity index (χ1v) is 7.88. The van der Waals surface area contributed by atoms with Crippen molar-refractivity contribution < 1.29 is 13.6 Å². The maximum Gasteiger partial charge on any atom is 0.237 e. The minimum absolute atomic E-state index is 0.000514. The van der Waals surface area contributed by atoms with Crippen LogP contribution < -0.4 is 15.5 Å². The van der Waals surface area contributed by atoms with Gasteiger partial charge in [-0.1, -0.05) is 12.5 Å². The number of halogens is 2. The van der Waals surface area contributed by atoms with Crippen molar-refractivity contribution in [3.63, 3.8) is 0 Å². The zero-order valence-electron chi connectivity index (χ0n) is 12.4. The second-order valence-corrected chi connectivity index (χ2v) is 6.01. The summed E-state index contributed by atoms with van der Waals surface area (Å²) in [5.74, 6) is -1.11. The van der Waals surface area contributed by atoms with Gasteiger partial charge in [-0.25, -0.2) is 8.78 Å². The van der Waals surface area contributed by atoms with Crippen LogP contribution in [0, 0.1) is 11.6 Å². The Morgan fingerprint density at radius 2 is 2.00 bits per heavy atom. The van der Waals surface area contributed by atoms with Crippen molar-refractivity contribution >= 4 is 11.6 Å². The number of para-hydroxylation sites is 1. The van der Waals surface area contributed by atoms with Crippen molar-refractivity contribution in [2.45, 2.75) is 37.8 Å². The number of nitrogens with one attached hydrogen (secondary N) is 2. The largest absolute Gasteiger partial charge is 0.365 e. The third-order valence-electron chi connectivity index (χ3n) is 4.42. The molecule has 1 aromatic rings. The summed E-state index contributed by atoms with van der Waals surface area (Å²) in [5, 5.41) is 6.21. The highest BCUT2D eigenvalue weighted by Crippen LogP contribution is 2.26. The Bertz CT molecular complexity index is 526. The van der Waals surface area contributed by atoms with Crippen molar-refractivity contribution in [2.24, 2.45) is 0 Å². The number of amides is 1. The maximum absolute atomic E-state index is 13.8. The van der Waals surface area contributed by atoms with E-state index in [0.29, 0.717) is 19.5 Å². The molecular weight excluding hydrogens is 288 g/mol. The number of carbonyl (C=O) groups is 1. The number of anilines is 1. The van der Waals surface area contributed by atoms with Crippen LogP contribution in [-0.2, 0) is 4.79 Å². The van der Waals surface area contributed by atoms with E-state index in [4.69, 9.17) is 0 Å². The van der Waals surface area contributed by atoms with Gasteiger partial charge in [-0.05, 0) is 37.9 Å². The molecule has 2 fully saturated rings. The average molecular weight is 309 g/mol. The predicted molar refractivity (Wildman–Crippen MR) is 80.8 cm³/mol. The zero-order valence-corrected chi connectivity index (χ0v) is 12.4. The molecule has 3 rings (SSSR count). The molecule has 1 aromatic carbocycles. The summed E-state index contributed by atoms with van der Waals surface area (Å²) in [6.07, 6.45) is 3.71. The molecule has 1 amide bonds. The first-order valence-electron chi connectivity index (χ1n) is 7.88. The van der Waals surface area contributed by atoms with Crippen molar-refractivity contribution in [3.05, 3.63) is 29.8 Å². The molecular formula is C16H21F2N3O. The van der Waals surface area contributed by atoms with Crippen LogP contribution >= 0.6 is 0 Å². The Balaban J connectivity index is 1.59. The van der Waals surface area contributed by atoms with Crippen molar-refractivity contribution in [2.75, 3.05) is 24.5 Å². The zero-order chi connectivity index (χ0) is 15.5. The molecule has 2 saturated heterocycles. The lowest BCUT2D eigenvalue weighted by Crippen LogP contribution is -2.50. The number of benzene rings is 1. The number of carbonyl (C=O) groups excluding carboxylic acids is 1. The summed E-state index contributed by atoms with van der Waals surface area (Å²) in [6.45, 7) is 1.85. The van der Waals surface area contributed by atoms with Crippen LogP contribution in [-0.4, -0.2) is 37.6 Å². The number of rotatable bonds is 3. The molecule has 0 bridgehead atoms. The molecule has 0 aromatic heterocycles. The van der Waals surface area contributed by atoms with E-state index in [2.05, 4.69) is 10.6 Å². The van der Waals surface area contributed by atoms with Gasteiger partial charge in [0.05, 0.1) is 6.04 Å². The number of piperidine rings is 1. The van der Waals surface area contributed by atoms with E-state index in [1.54, 1.807) is 4.90 Å². The highest BCUT2D eigenvalue weighted by atomic mass is 19.1. The predicted octanol–water partition coefficient (Wildman–Crippen LogP) is 1.80. The van der Waals surface area contributed by atoms with E-state index in [-0.39, 0.29) is 23.7 Å². The van der Waals surface area contributed by atoms with Crippen molar-refractivity contribution in [1.82, 2.24) is 10.6 Å². The smallest absolute Gasteiger partial charge is 0.237 e. The van der Waals surface area contributed by atoms with E-state index < -0.39 is 11.6 Å². The van der Waals surface area contributed by atoms with Gasteiger partial charge in [0.25, 0.3) is 0 Å². The van der Waals surface area contributed by atoms with Gasteiger partial charge in [0, 0.05) is 19.1 Å². The topological polar surface area (TPSA) is 44.4 Å². The average Bonchev–Trinajstić information content (AvgIpc) is 2.96. The van der Waals surface area contributed by atoms with Gasteiger partial charge >= 0.3 is 0 Å². The molecule has 120 valence electrons. The van der Waals surface area contributed by atoms with Crippen LogP contribution in [0.2, 0.25) is 0 Å². The Hall–Kier alpha value is -1.69. The SMILES string of the molecule is O=C(NC1CCN(c2c(F)cccc2F)C1)[C@H]1CCCCN1. The summed E-state index contributed by atoms with van der Waals surface area (Å²) in [5.41, 5.74) is 0.00930. The molecule has 0 saturated carbocycles. The lowest BCUT2D eigenvalue weighted by Gasteiger charge is -2.25. The molecule has 2 N–H and O–H groups in total. The fraction of sp³-hybridized carbons (Fsp3) is 0.562. The van der Waals surface area contributed by atoms with Gasteiger partial charge in [0.15, 0.2) is 0 Å². The van der Waals surface area contributed by atoms with Crippen LogP contribution in [0.3, 0.4) is 0 Å². The summed E-state index contributed by atoms with van der Waals surface area (Å²) >= 11 is 0. The van der Waals surface area contributed by atoms with Gasteiger partial charge < -0.3 is 15.5 Å². The molecule has 1 unspecified atom stereocenters. The van der Waals surface area contributed by atoms with Gasteiger partial charge in [0.2, 0.25) is 5.91 Å². The van der Waals surface area contributed by atoms with E-state index >= 15 is 0 Å². The fourth-order valence-electron chi connectivity index (χ4n) is 3.25. The minimum Gasteiger partial charge on any atom is -0.365 e. The molecule has 2 aliphatic heterocycles. The maximum atomic E-state index is 13.8. The molecule has 0 aliphatic carbocycles. The molecule has 4 nitrogen and oxygen atoms in total. The van der Waals surface area contributed by atoms with E-state index in [0.717, 1.165) is 25.8 Å². The third kappa shape index (κ3) is 3.21. The van der Waals surface area contributed by atoms with Crippen molar-refractivity contribution in [3.8, 4) is 0 Å². The van der Waals surface area contributed by atoms with Crippen molar-refractivity contribution in [1.29, 1.82) is 0 Å². The molecule has 0 spiro atoms. The Labute approximate surface area is 128 Å². The van der Waals surface area contributed by atoms with E-state index in [1.165, 1.54) is 18.2 Å². The number of hydrogen-bond acceptors (Lipinski definition) is 3. The van der Waals surface area contributed by atoms with Gasteiger partial charge in [-0.15, -0.1) is 0 Å². The lowest BCUT2D eigenvalue weighted by molar-refractivity contribution is -0.124. The van der Waals surface area contributed by atoms with E-state index in [1.807, 2.05) is 0 Å². The summed E-state index contributed by atoms with van der Waals surface area (Å²) < 4.78 is 27.6. The lowest BCUT2D eigenvalue weighted by atomic mass is 10.0. The summed E-state index contributed by atoms with van der Waals surface area (Å²) in [6, 6.07) is 3.69. The monoisotopic (exact) mass is 309 g/mol. The van der Waals surface area contributed by atoms with Crippen LogP contribution in [0.5, 0.6) is 0 Å². The van der Waals surface area contributed by atoms with Gasteiger partial charge in [-0.3, -0.25) is 4.79 Å². The van der Waals surface area contributed by atoms with Crippen LogP contribution in [0.1, 0.15) is 25.7 Å². The quantitative estimate of drug-likeness (QED) is 0.895. The number of hydrogen-bond donors (Lipinski definition) is 2. The van der Waals surface area contributed by atoms with Gasteiger partial charge in [0.1, 0.15) is 17.3 Å². The molecule has 0 radical (unpaired) electrons. The Morgan fingerprint density at radius 1 is 1.23 bits per heavy atom. The second-order valence-electron chi connectivity index (χ2n) is 6.01. The van der Waals surface area contributed by atoms with Crippen LogP contribution in [0.4, 0.5) is 14.5 Å². The molecule has 2 aliphatic rings. The Morgan fingerprint density at radius 3 is 2.68 bits per heavy atom. The first kappa shape index (κ1) is 15.2. The molecule has 2 heterocycles. The second kappa shape index (κ2) is 6.60. The summed E-state index contributed by atoms with van der Waals surface area (Å²) in [4.78, 5) is 13.9. The third-order valence-corrected chi connectivity index (χ3v) is 4.42. The molecule has 22 heavy (non-hydrogen) atoms.